The molecular formula is C18H12BrN. The Morgan fingerprint density at radius 2 is 1.20 bits per heavy atom. The van der Waals surface area contributed by atoms with E-state index in [4.69, 9.17) is 0 Å². The summed E-state index contributed by atoms with van der Waals surface area (Å²) in [5.74, 6) is 0. The van der Waals surface area contributed by atoms with Crippen molar-refractivity contribution in [3.8, 4) is 22.3 Å². The van der Waals surface area contributed by atoms with Crippen LogP contribution in [0.3, 0.4) is 0 Å². The summed E-state index contributed by atoms with van der Waals surface area (Å²) in [5, 5.41) is 3.55. The van der Waals surface area contributed by atoms with Crippen molar-refractivity contribution in [2.24, 2.45) is 0 Å². The molecule has 0 amide bonds. The van der Waals surface area contributed by atoms with Crippen LogP contribution in [-0.4, -0.2) is 0 Å². The lowest BCUT2D eigenvalue weighted by atomic mass is 9.95. The molecule has 1 N–H and O–H groups in total. The van der Waals surface area contributed by atoms with Gasteiger partial charge in [-0.05, 0) is 35.4 Å². The first-order valence-corrected chi connectivity index (χ1v) is 7.37. The number of fused-ring (bicyclic) bond motifs is 5. The van der Waals surface area contributed by atoms with E-state index in [9.17, 15) is 0 Å². The highest BCUT2D eigenvalue weighted by Crippen LogP contribution is 2.44. The van der Waals surface area contributed by atoms with Gasteiger partial charge in [0.05, 0.1) is 0 Å². The van der Waals surface area contributed by atoms with Crippen molar-refractivity contribution < 1.29 is 0 Å². The SMILES string of the molecule is Brc1ccc2c(c1)-c1ccccc1Nc1ccccc1-2. The maximum atomic E-state index is 3.59. The first-order valence-electron chi connectivity index (χ1n) is 6.58. The van der Waals surface area contributed by atoms with Crippen molar-refractivity contribution in [2.75, 3.05) is 5.32 Å². The summed E-state index contributed by atoms with van der Waals surface area (Å²) in [7, 11) is 0. The number of anilines is 2. The first kappa shape index (κ1) is 11.7. The van der Waals surface area contributed by atoms with Gasteiger partial charge in [-0.15, -0.1) is 0 Å². The van der Waals surface area contributed by atoms with E-state index in [0.29, 0.717) is 0 Å². The fraction of sp³-hybridized carbons (Fsp3) is 0. The van der Waals surface area contributed by atoms with E-state index in [0.717, 1.165) is 15.8 Å². The van der Waals surface area contributed by atoms with Crippen LogP contribution in [0.15, 0.2) is 71.2 Å². The Hall–Kier alpha value is -2.06. The third-order valence-electron chi connectivity index (χ3n) is 3.69. The number of halogens is 1. The summed E-state index contributed by atoms with van der Waals surface area (Å²) in [5.41, 5.74) is 7.30. The molecule has 0 atom stereocenters. The molecule has 20 heavy (non-hydrogen) atoms. The minimum absolute atomic E-state index is 1.10. The zero-order valence-electron chi connectivity index (χ0n) is 10.7. The van der Waals surface area contributed by atoms with E-state index in [2.05, 4.69) is 88.0 Å². The summed E-state index contributed by atoms with van der Waals surface area (Å²) in [6.07, 6.45) is 0. The van der Waals surface area contributed by atoms with Gasteiger partial charge in [0.1, 0.15) is 0 Å². The Balaban J connectivity index is 2.13. The van der Waals surface area contributed by atoms with Crippen LogP contribution in [0.2, 0.25) is 0 Å². The predicted octanol–water partition coefficient (Wildman–Crippen LogP) is 5.84. The molecule has 96 valence electrons. The molecule has 1 aliphatic heterocycles. The average Bonchev–Trinajstić information content (AvgIpc) is 2.61. The Bertz CT molecular complexity index is 808. The summed E-state index contributed by atoms with van der Waals surface area (Å²) < 4.78 is 1.10. The van der Waals surface area contributed by atoms with Crippen LogP contribution in [0.5, 0.6) is 0 Å². The third-order valence-corrected chi connectivity index (χ3v) is 4.18. The van der Waals surface area contributed by atoms with Gasteiger partial charge in [-0.1, -0.05) is 58.4 Å². The van der Waals surface area contributed by atoms with Gasteiger partial charge < -0.3 is 5.32 Å². The fourth-order valence-electron chi connectivity index (χ4n) is 2.77. The fourth-order valence-corrected chi connectivity index (χ4v) is 3.13. The normalized spacial score (nSPS) is 11.7. The molecule has 0 bridgehead atoms. The highest BCUT2D eigenvalue weighted by molar-refractivity contribution is 9.10. The zero-order valence-corrected chi connectivity index (χ0v) is 12.3. The molecule has 1 nitrogen and oxygen atoms in total. The van der Waals surface area contributed by atoms with Gasteiger partial charge in [0.25, 0.3) is 0 Å². The average molecular weight is 322 g/mol. The Labute approximate surface area is 126 Å². The molecule has 0 fully saturated rings. The standard InChI is InChI=1S/C18H12BrN/c19-12-9-10-13-14-5-1-3-7-17(14)20-18-8-4-2-6-15(18)16(13)11-12/h1-11,20H. The molecule has 3 aromatic rings. The lowest BCUT2D eigenvalue weighted by Gasteiger charge is -2.09. The van der Waals surface area contributed by atoms with E-state index >= 15 is 0 Å². The highest BCUT2D eigenvalue weighted by Gasteiger charge is 2.18. The van der Waals surface area contributed by atoms with Gasteiger partial charge in [-0.2, -0.15) is 0 Å². The highest BCUT2D eigenvalue weighted by atomic mass is 79.9. The molecule has 0 aromatic heterocycles. The number of para-hydroxylation sites is 2. The molecule has 0 saturated carbocycles. The minimum Gasteiger partial charge on any atom is -0.355 e. The molecule has 3 aromatic carbocycles. The van der Waals surface area contributed by atoms with Crippen LogP contribution in [0.25, 0.3) is 22.3 Å². The number of hydrogen-bond donors (Lipinski definition) is 1. The van der Waals surface area contributed by atoms with Crippen LogP contribution in [0, 0.1) is 0 Å². The predicted molar refractivity (Wildman–Crippen MR) is 88.3 cm³/mol. The summed E-state index contributed by atoms with van der Waals surface area (Å²) in [4.78, 5) is 0. The van der Waals surface area contributed by atoms with Crippen molar-refractivity contribution in [1.29, 1.82) is 0 Å². The summed E-state index contributed by atoms with van der Waals surface area (Å²) in [6.45, 7) is 0. The molecule has 2 heteroatoms. The molecule has 0 saturated heterocycles. The molecule has 1 heterocycles. The van der Waals surface area contributed by atoms with Crippen molar-refractivity contribution in [3.63, 3.8) is 0 Å². The van der Waals surface area contributed by atoms with Crippen molar-refractivity contribution in [1.82, 2.24) is 0 Å². The second-order valence-corrected chi connectivity index (χ2v) is 5.82. The molecule has 0 aliphatic carbocycles. The number of hydrogen-bond acceptors (Lipinski definition) is 1. The van der Waals surface area contributed by atoms with Gasteiger partial charge >= 0.3 is 0 Å². The van der Waals surface area contributed by atoms with E-state index in [1.54, 1.807) is 0 Å². The monoisotopic (exact) mass is 321 g/mol. The number of benzene rings is 3. The first-order chi connectivity index (χ1) is 9.83. The van der Waals surface area contributed by atoms with Gasteiger partial charge in [-0.3, -0.25) is 0 Å². The number of nitrogens with one attached hydrogen (secondary N) is 1. The summed E-state index contributed by atoms with van der Waals surface area (Å²) in [6, 6.07) is 23.4. The van der Waals surface area contributed by atoms with Crippen LogP contribution in [0.4, 0.5) is 11.4 Å². The van der Waals surface area contributed by atoms with Crippen molar-refractivity contribution in [2.45, 2.75) is 0 Å². The Morgan fingerprint density at radius 3 is 1.90 bits per heavy atom. The molecule has 0 unspecified atom stereocenters. The van der Waals surface area contributed by atoms with E-state index < -0.39 is 0 Å². The van der Waals surface area contributed by atoms with Gasteiger partial charge in [0.2, 0.25) is 0 Å². The topological polar surface area (TPSA) is 12.0 Å². The van der Waals surface area contributed by atoms with E-state index in [-0.39, 0.29) is 0 Å². The van der Waals surface area contributed by atoms with Gasteiger partial charge in [0, 0.05) is 27.0 Å². The molecule has 0 spiro atoms. The molecule has 1 aliphatic rings. The number of rotatable bonds is 0. The second kappa shape index (κ2) is 4.50. The maximum Gasteiger partial charge on any atom is 0.0464 e. The van der Waals surface area contributed by atoms with E-state index in [1.807, 2.05) is 0 Å². The zero-order chi connectivity index (χ0) is 13.5. The van der Waals surface area contributed by atoms with Crippen molar-refractivity contribution >= 4 is 27.3 Å². The largest absolute Gasteiger partial charge is 0.355 e. The van der Waals surface area contributed by atoms with Gasteiger partial charge in [0.15, 0.2) is 0 Å². The maximum absolute atomic E-state index is 3.59. The lowest BCUT2D eigenvalue weighted by molar-refractivity contribution is 1.57. The lowest BCUT2D eigenvalue weighted by Crippen LogP contribution is -1.90. The van der Waals surface area contributed by atoms with Crippen LogP contribution in [0.1, 0.15) is 0 Å². The molecular weight excluding hydrogens is 310 g/mol. The van der Waals surface area contributed by atoms with Gasteiger partial charge in [-0.25, -0.2) is 0 Å². The minimum atomic E-state index is 1.10. The second-order valence-electron chi connectivity index (χ2n) is 4.91. The third kappa shape index (κ3) is 1.76. The van der Waals surface area contributed by atoms with Crippen molar-refractivity contribution in [3.05, 3.63) is 71.2 Å². The Kier molecular flexibility index (Phi) is 2.64. The smallest absolute Gasteiger partial charge is 0.0464 e. The Morgan fingerprint density at radius 1 is 0.600 bits per heavy atom. The quantitative estimate of drug-likeness (QED) is 0.429. The molecule has 4 rings (SSSR count). The van der Waals surface area contributed by atoms with E-state index in [1.165, 1.54) is 22.3 Å². The van der Waals surface area contributed by atoms with Crippen LogP contribution in [-0.2, 0) is 0 Å². The van der Waals surface area contributed by atoms with Crippen LogP contribution >= 0.6 is 15.9 Å². The molecule has 0 radical (unpaired) electrons. The van der Waals surface area contributed by atoms with Crippen LogP contribution < -0.4 is 5.32 Å². The summed E-state index contributed by atoms with van der Waals surface area (Å²) >= 11 is 3.59.